The van der Waals surface area contributed by atoms with Crippen LogP contribution in [-0.4, -0.2) is 29.3 Å². The highest BCUT2D eigenvalue weighted by atomic mass is 35.5. The number of nitrogens with zero attached hydrogens (tertiary/aromatic N) is 3. The van der Waals surface area contributed by atoms with E-state index in [0.29, 0.717) is 18.0 Å². The Morgan fingerprint density at radius 3 is 2.50 bits per heavy atom. The van der Waals surface area contributed by atoms with Gasteiger partial charge in [-0.1, -0.05) is 11.6 Å². The second-order valence-electron chi connectivity index (χ2n) is 5.57. The summed E-state index contributed by atoms with van der Waals surface area (Å²) in [5.41, 5.74) is -0.0626. The largest absolute Gasteiger partial charge is 0.494 e. The number of anilines is 1. The smallest absolute Gasteiger partial charge is 0.298 e. The molecule has 0 saturated carbocycles. The molecular formula is C18H17ClN4O5. The molecule has 10 heteroatoms. The van der Waals surface area contributed by atoms with Crippen LogP contribution >= 0.6 is 11.6 Å². The summed E-state index contributed by atoms with van der Waals surface area (Å²) in [5, 5.41) is 21.2. The van der Waals surface area contributed by atoms with E-state index < -0.39 is 22.7 Å². The number of ketones is 1. The van der Waals surface area contributed by atoms with Gasteiger partial charge in [-0.05, 0) is 50.2 Å². The van der Waals surface area contributed by atoms with E-state index in [0.717, 1.165) is 6.07 Å². The van der Waals surface area contributed by atoms with Gasteiger partial charge in [0, 0.05) is 16.8 Å². The maximum Gasteiger partial charge on any atom is 0.298 e. The Balaban J connectivity index is 2.19. The number of carbonyl (C=O) groups is 2. The predicted molar refractivity (Wildman–Crippen MR) is 103 cm³/mol. The number of rotatable bonds is 8. The molecule has 0 heterocycles. The highest BCUT2D eigenvalue weighted by Crippen LogP contribution is 2.30. The van der Waals surface area contributed by atoms with Gasteiger partial charge >= 0.3 is 0 Å². The number of amides is 1. The van der Waals surface area contributed by atoms with Gasteiger partial charge in [0.05, 0.1) is 11.5 Å². The number of Topliss-reactive ketones (excluding diaryl/α,β-unsaturated/α-hetero) is 1. The highest BCUT2D eigenvalue weighted by molar-refractivity contribution is 6.30. The molecular weight excluding hydrogens is 388 g/mol. The second-order valence-corrected chi connectivity index (χ2v) is 6.00. The molecule has 9 nitrogen and oxygen atoms in total. The van der Waals surface area contributed by atoms with Crippen LogP contribution in [0.4, 0.5) is 17.1 Å². The summed E-state index contributed by atoms with van der Waals surface area (Å²) in [7, 11) is 0. The number of benzene rings is 2. The minimum Gasteiger partial charge on any atom is -0.494 e. The molecule has 1 N–H and O–H groups in total. The molecule has 0 radical (unpaired) electrons. The molecule has 1 atom stereocenters. The van der Waals surface area contributed by atoms with Crippen molar-refractivity contribution in [3.8, 4) is 5.75 Å². The zero-order chi connectivity index (χ0) is 20.7. The van der Waals surface area contributed by atoms with Gasteiger partial charge in [-0.3, -0.25) is 19.7 Å². The van der Waals surface area contributed by atoms with Gasteiger partial charge in [0.15, 0.2) is 11.5 Å². The quantitative estimate of drug-likeness (QED) is 0.303. The first-order chi connectivity index (χ1) is 13.3. The van der Waals surface area contributed by atoms with E-state index in [9.17, 15) is 19.7 Å². The molecule has 28 heavy (non-hydrogen) atoms. The lowest BCUT2D eigenvalue weighted by atomic mass is 10.2. The second kappa shape index (κ2) is 9.56. The van der Waals surface area contributed by atoms with Crippen molar-refractivity contribution in [1.29, 1.82) is 0 Å². The number of hydrogen-bond acceptors (Lipinski definition) is 7. The van der Waals surface area contributed by atoms with Gasteiger partial charge in [0.2, 0.25) is 6.04 Å². The number of hydrogen-bond donors (Lipinski definition) is 1. The lowest BCUT2D eigenvalue weighted by Crippen LogP contribution is -2.31. The van der Waals surface area contributed by atoms with Crippen LogP contribution in [0.2, 0.25) is 5.02 Å². The van der Waals surface area contributed by atoms with E-state index in [1.54, 1.807) is 24.3 Å². The minimum atomic E-state index is -1.46. The van der Waals surface area contributed by atoms with Crippen molar-refractivity contribution in [2.75, 3.05) is 11.9 Å². The van der Waals surface area contributed by atoms with Crippen LogP contribution in [0.15, 0.2) is 52.7 Å². The zero-order valence-corrected chi connectivity index (χ0v) is 15.8. The molecule has 0 fully saturated rings. The highest BCUT2D eigenvalue weighted by Gasteiger charge is 2.24. The van der Waals surface area contributed by atoms with E-state index in [-0.39, 0.29) is 16.4 Å². The summed E-state index contributed by atoms with van der Waals surface area (Å²) in [6.07, 6.45) is 0. The van der Waals surface area contributed by atoms with E-state index in [4.69, 9.17) is 16.3 Å². The van der Waals surface area contributed by atoms with E-state index in [1.165, 1.54) is 19.1 Å². The third-order valence-corrected chi connectivity index (χ3v) is 3.72. The molecule has 2 aromatic carbocycles. The first-order valence-electron chi connectivity index (χ1n) is 8.20. The van der Waals surface area contributed by atoms with Crippen molar-refractivity contribution in [3.63, 3.8) is 0 Å². The van der Waals surface area contributed by atoms with Gasteiger partial charge < -0.3 is 10.1 Å². The van der Waals surface area contributed by atoms with Crippen LogP contribution in [0.3, 0.4) is 0 Å². The Morgan fingerprint density at radius 2 is 1.93 bits per heavy atom. The molecule has 0 aliphatic heterocycles. The van der Waals surface area contributed by atoms with E-state index in [2.05, 4.69) is 15.5 Å². The third kappa shape index (κ3) is 5.58. The Morgan fingerprint density at radius 1 is 1.25 bits per heavy atom. The van der Waals surface area contributed by atoms with Gasteiger partial charge in [-0.15, -0.1) is 5.11 Å². The van der Waals surface area contributed by atoms with Crippen molar-refractivity contribution in [3.05, 3.63) is 57.6 Å². The summed E-state index contributed by atoms with van der Waals surface area (Å²) in [6.45, 7) is 3.54. The van der Waals surface area contributed by atoms with E-state index >= 15 is 0 Å². The maximum atomic E-state index is 12.4. The van der Waals surface area contributed by atoms with Crippen molar-refractivity contribution in [2.24, 2.45) is 10.2 Å². The number of nitro groups is 1. The standard InChI is InChI=1S/C18H17ClN4O5/c1-3-28-14-7-5-13(6-8-14)20-18(25)17(11(2)24)22-21-15-9-4-12(19)10-16(15)23(26)27/h4-10,17H,3H2,1-2H3,(H,20,25)/t17-/m0/s1. The fourth-order valence-electron chi connectivity index (χ4n) is 2.18. The molecule has 0 aliphatic rings. The molecule has 0 bridgehead atoms. The first kappa shape index (κ1) is 21.0. The van der Waals surface area contributed by atoms with Crippen molar-refractivity contribution >= 4 is 40.4 Å². The summed E-state index contributed by atoms with van der Waals surface area (Å²) >= 11 is 5.74. The molecule has 146 valence electrons. The van der Waals surface area contributed by atoms with Gasteiger partial charge in [-0.25, -0.2) is 0 Å². The number of nitrogens with one attached hydrogen (secondary N) is 1. The number of carbonyl (C=O) groups excluding carboxylic acids is 2. The Labute approximate surface area is 165 Å². The van der Waals surface area contributed by atoms with Crippen LogP contribution in [0.25, 0.3) is 0 Å². The summed E-state index contributed by atoms with van der Waals surface area (Å²) in [5.74, 6) is -0.640. The fourth-order valence-corrected chi connectivity index (χ4v) is 2.34. The van der Waals surface area contributed by atoms with Gasteiger partial charge in [0.1, 0.15) is 5.75 Å². The number of ether oxygens (including phenoxy) is 1. The van der Waals surface area contributed by atoms with Gasteiger partial charge in [0.25, 0.3) is 11.6 Å². The van der Waals surface area contributed by atoms with Crippen LogP contribution in [0.5, 0.6) is 5.75 Å². The summed E-state index contributed by atoms with van der Waals surface area (Å²) < 4.78 is 5.31. The third-order valence-electron chi connectivity index (χ3n) is 3.48. The monoisotopic (exact) mass is 404 g/mol. The first-order valence-corrected chi connectivity index (χ1v) is 8.58. The molecule has 2 rings (SSSR count). The molecule has 0 saturated heterocycles. The Kier molecular flexibility index (Phi) is 7.16. The molecule has 0 aromatic heterocycles. The number of nitro benzene ring substituents is 1. The van der Waals surface area contributed by atoms with Gasteiger partial charge in [-0.2, -0.15) is 5.11 Å². The Bertz CT molecular complexity index is 915. The fraction of sp³-hybridized carbons (Fsp3) is 0.222. The number of azo groups is 1. The van der Waals surface area contributed by atoms with Crippen molar-refractivity contribution < 1.29 is 19.2 Å². The maximum absolute atomic E-state index is 12.4. The average molecular weight is 405 g/mol. The van der Waals surface area contributed by atoms with Crippen molar-refractivity contribution in [1.82, 2.24) is 0 Å². The average Bonchev–Trinajstić information content (AvgIpc) is 2.64. The molecule has 0 aliphatic carbocycles. The van der Waals surface area contributed by atoms with Crippen LogP contribution in [-0.2, 0) is 9.59 Å². The predicted octanol–water partition coefficient (Wildman–Crippen LogP) is 4.33. The van der Waals surface area contributed by atoms with Crippen LogP contribution in [0, 0.1) is 10.1 Å². The lowest BCUT2D eigenvalue weighted by molar-refractivity contribution is -0.384. The summed E-state index contributed by atoms with van der Waals surface area (Å²) in [4.78, 5) is 34.6. The number of halogens is 1. The zero-order valence-electron chi connectivity index (χ0n) is 15.1. The minimum absolute atomic E-state index is 0.116. The Hall–Kier alpha value is -3.33. The van der Waals surface area contributed by atoms with Crippen molar-refractivity contribution in [2.45, 2.75) is 19.9 Å². The topological polar surface area (TPSA) is 123 Å². The summed E-state index contributed by atoms with van der Waals surface area (Å²) in [6, 6.07) is 8.89. The SMILES string of the molecule is CCOc1ccc(NC(=O)[C@@H](N=Nc2ccc(Cl)cc2[N+](=O)[O-])C(C)=O)cc1. The van der Waals surface area contributed by atoms with Crippen LogP contribution in [0.1, 0.15) is 13.8 Å². The van der Waals surface area contributed by atoms with E-state index in [1.807, 2.05) is 6.92 Å². The van der Waals surface area contributed by atoms with Crippen LogP contribution < -0.4 is 10.1 Å². The molecule has 1 amide bonds. The molecule has 0 spiro atoms. The molecule has 0 unspecified atom stereocenters. The molecule has 2 aromatic rings. The normalized spacial score (nSPS) is 11.8. The lowest BCUT2D eigenvalue weighted by Gasteiger charge is -2.10.